The Labute approximate surface area is 141 Å². The minimum atomic E-state index is -0.179. The van der Waals surface area contributed by atoms with Gasteiger partial charge < -0.3 is 19.6 Å². The Kier molecular flexibility index (Phi) is 4.14. The van der Waals surface area contributed by atoms with Gasteiger partial charge in [-0.1, -0.05) is 11.6 Å². The van der Waals surface area contributed by atoms with Gasteiger partial charge in [0.15, 0.2) is 11.5 Å². The first-order valence-corrected chi connectivity index (χ1v) is 8.78. The van der Waals surface area contributed by atoms with Crippen LogP contribution in [0.5, 0.6) is 11.5 Å². The predicted molar refractivity (Wildman–Crippen MR) is 88.7 cm³/mol. The van der Waals surface area contributed by atoms with Crippen LogP contribution in [0.4, 0.5) is 0 Å². The molecule has 2 N–H and O–H groups in total. The Morgan fingerprint density at radius 2 is 1.88 bits per heavy atom. The zero-order valence-electron chi connectivity index (χ0n) is 13.7. The van der Waals surface area contributed by atoms with E-state index in [0.29, 0.717) is 23.2 Å². The smallest absolute Gasteiger partial charge is 0.227 e. The summed E-state index contributed by atoms with van der Waals surface area (Å²) in [5, 5.41) is 23.0. The number of benzene rings is 1. The van der Waals surface area contributed by atoms with Gasteiger partial charge in [-0.3, -0.25) is 0 Å². The van der Waals surface area contributed by atoms with Crippen LogP contribution in [0.2, 0.25) is 0 Å². The molecule has 1 aromatic carbocycles. The van der Waals surface area contributed by atoms with Crippen LogP contribution >= 0.6 is 0 Å². The quantitative estimate of drug-likeness (QED) is 0.839. The highest BCUT2D eigenvalue weighted by molar-refractivity contribution is 5.59. The normalized spacial score (nSPS) is 20.2. The Hall–Kier alpha value is -2.08. The van der Waals surface area contributed by atoms with Gasteiger partial charge in [0.1, 0.15) is 0 Å². The third-order valence-electron chi connectivity index (χ3n) is 5.41. The number of hydrogen-bond donors (Lipinski definition) is 2. The van der Waals surface area contributed by atoms with E-state index in [4.69, 9.17) is 4.52 Å². The van der Waals surface area contributed by atoms with Crippen LogP contribution in [0.25, 0.3) is 11.4 Å². The molecule has 1 saturated carbocycles. The van der Waals surface area contributed by atoms with Gasteiger partial charge in [-0.05, 0) is 62.9 Å². The van der Waals surface area contributed by atoms with Crippen molar-refractivity contribution in [3.05, 3.63) is 24.1 Å². The Bertz CT molecular complexity index is 703. The maximum atomic E-state index is 9.58. The monoisotopic (exact) mass is 329 g/mol. The van der Waals surface area contributed by atoms with Crippen molar-refractivity contribution in [3.63, 3.8) is 0 Å². The summed E-state index contributed by atoms with van der Waals surface area (Å²) >= 11 is 0. The first-order chi connectivity index (χ1) is 11.7. The lowest BCUT2D eigenvalue weighted by molar-refractivity contribution is 0.0828. The molecule has 0 atom stereocenters. The highest BCUT2D eigenvalue weighted by Gasteiger charge is 2.29. The van der Waals surface area contributed by atoms with Crippen molar-refractivity contribution in [2.45, 2.75) is 44.6 Å². The molecular weight excluding hydrogens is 306 g/mol. The van der Waals surface area contributed by atoms with Gasteiger partial charge in [-0.2, -0.15) is 4.98 Å². The third-order valence-corrected chi connectivity index (χ3v) is 5.41. The molecule has 24 heavy (non-hydrogen) atoms. The van der Waals surface area contributed by atoms with Crippen molar-refractivity contribution in [2.75, 3.05) is 13.1 Å². The molecule has 2 aromatic rings. The van der Waals surface area contributed by atoms with Crippen molar-refractivity contribution in [1.29, 1.82) is 0 Å². The van der Waals surface area contributed by atoms with Crippen molar-refractivity contribution >= 4 is 0 Å². The van der Waals surface area contributed by atoms with Gasteiger partial charge in [0.25, 0.3) is 0 Å². The van der Waals surface area contributed by atoms with E-state index < -0.39 is 0 Å². The van der Waals surface area contributed by atoms with E-state index in [2.05, 4.69) is 15.0 Å². The summed E-state index contributed by atoms with van der Waals surface area (Å²) in [5.41, 5.74) is 0.639. The fraction of sp³-hybridized carbons (Fsp3) is 0.556. The molecule has 1 aromatic heterocycles. The minimum Gasteiger partial charge on any atom is -0.504 e. The maximum Gasteiger partial charge on any atom is 0.227 e. The van der Waals surface area contributed by atoms with Crippen molar-refractivity contribution in [2.24, 2.45) is 5.92 Å². The lowest BCUT2D eigenvalue weighted by Crippen LogP contribution is -2.45. The molecule has 1 aliphatic carbocycles. The number of aromatic hydroxyl groups is 2. The van der Waals surface area contributed by atoms with Crippen LogP contribution in [0.1, 0.15) is 38.0 Å². The second-order valence-corrected chi connectivity index (χ2v) is 6.98. The second-order valence-electron chi connectivity index (χ2n) is 6.98. The zero-order chi connectivity index (χ0) is 16.5. The summed E-state index contributed by atoms with van der Waals surface area (Å²) in [5.74, 6) is 1.37. The van der Waals surface area contributed by atoms with Crippen LogP contribution in [-0.2, 0) is 6.42 Å². The number of likely N-dealkylation sites (tertiary alicyclic amines) is 1. The first kappa shape index (κ1) is 15.4. The Balaban J connectivity index is 1.36. The van der Waals surface area contributed by atoms with Gasteiger partial charge in [0.2, 0.25) is 11.7 Å². The molecule has 6 heteroatoms. The molecule has 4 rings (SSSR count). The number of phenols is 2. The molecular formula is C18H23N3O3. The number of hydrogen-bond acceptors (Lipinski definition) is 6. The molecule has 0 unspecified atom stereocenters. The average molecular weight is 329 g/mol. The van der Waals surface area contributed by atoms with Crippen molar-refractivity contribution < 1.29 is 14.7 Å². The van der Waals surface area contributed by atoms with Crippen LogP contribution < -0.4 is 0 Å². The Morgan fingerprint density at radius 1 is 1.08 bits per heavy atom. The summed E-state index contributed by atoms with van der Waals surface area (Å²) in [7, 11) is 0. The molecule has 1 saturated heterocycles. The zero-order valence-corrected chi connectivity index (χ0v) is 13.7. The summed E-state index contributed by atoms with van der Waals surface area (Å²) < 4.78 is 5.38. The van der Waals surface area contributed by atoms with Gasteiger partial charge in [0.05, 0.1) is 0 Å². The predicted octanol–water partition coefficient (Wildman–Crippen LogP) is 2.95. The number of rotatable bonds is 4. The van der Waals surface area contributed by atoms with Crippen LogP contribution in [0.3, 0.4) is 0 Å². The Morgan fingerprint density at radius 3 is 2.54 bits per heavy atom. The maximum absolute atomic E-state index is 9.58. The summed E-state index contributed by atoms with van der Waals surface area (Å²) in [6.07, 6.45) is 7.33. The fourth-order valence-corrected chi connectivity index (χ4v) is 3.64. The molecule has 0 amide bonds. The SMILES string of the molecule is Oc1ccc(-c2noc(CC3CCN(C4CCC4)CC3)n2)cc1O. The third kappa shape index (κ3) is 3.11. The van der Waals surface area contributed by atoms with Gasteiger partial charge >= 0.3 is 0 Å². The van der Waals surface area contributed by atoms with E-state index in [1.165, 1.54) is 57.3 Å². The largest absolute Gasteiger partial charge is 0.504 e. The molecule has 0 spiro atoms. The number of piperidine rings is 1. The highest BCUT2D eigenvalue weighted by atomic mass is 16.5. The van der Waals surface area contributed by atoms with Crippen LogP contribution in [0.15, 0.2) is 22.7 Å². The summed E-state index contributed by atoms with van der Waals surface area (Å²) in [6.45, 7) is 2.37. The van der Waals surface area contributed by atoms with Gasteiger partial charge in [0, 0.05) is 18.0 Å². The van der Waals surface area contributed by atoms with E-state index in [1.54, 1.807) is 6.07 Å². The van der Waals surface area contributed by atoms with E-state index in [1.807, 2.05) is 0 Å². The van der Waals surface area contributed by atoms with Gasteiger partial charge in [-0.15, -0.1) is 0 Å². The van der Waals surface area contributed by atoms with Crippen LogP contribution in [-0.4, -0.2) is 44.4 Å². The number of nitrogens with zero attached hydrogens (tertiary/aromatic N) is 3. The second kappa shape index (κ2) is 6.43. The van der Waals surface area contributed by atoms with E-state index in [0.717, 1.165) is 12.5 Å². The molecule has 128 valence electrons. The fourth-order valence-electron chi connectivity index (χ4n) is 3.64. The first-order valence-electron chi connectivity index (χ1n) is 8.78. The van der Waals surface area contributed by atoms with Crippen molar-refractivity contribution in [3.8, 4) is 22.9 Å². The summed E-state index contributed by atoms with van der Waals surface area (Å²) in [4.78, 5) is 7.08. The molecule has 2 aliphatic rings. The topological polar surface area (TPSA) is 82.6 Å². The molecule has 2 fully saturated rings. The van der Waals surface area contributed by atoms with Gasteiger partial charge in [-0.25, -0.2) is 0 Å². The lowest BCUT2D eigenvalue weighted by Gasteiger charge is -2.41. The average Bonchev–Trinajstić information content (AvgIpc) is 2.99. The molecule has 2 heterocycles. The highest BCUT2D eigenvalue weighted by Crippen LogP contribution is 2.31. The van der Waals surface area contributed by atoms with E-state index >= 15 is 0 Å². The minimum absolute atomic E-state index is 0.152. The van der Waals surface area contributed by atoms with E-state index in [-0.39, 0.29) is 11.5 Å². The number of aromatic nitrogens is 2. The van der Waals surface area contributed by atoms with Crippen molar-refractivity contribution in [1.82, 2.24) is 15.0 Å². The summed E-state index contributed by atoms with van der Waals surface area (Å²) in [6, 6.07) is 5.38. The van der Waals surface area contributed by atoms with E-state index in [9.17, 15) is 10.2 Å². The van der Waals surface area contributed by atoms with Crippen LogP contribution in [0, 0.1) is 5.92 Å². The standard InChI is InChI=1S/C18H23N3O3/c22-15-5-4-13(11-16(15)23)18-19-17(24-20-18)10-12-6-8-21(9-7-12)14-2-1-3-14/h4-5,11-12,14,22-23H,1-3,6-10H2. The molecule has 0 radical (unpaired) electrons. The molecule has 6 nitrogen and oxygen atoms in total. The molecule has 0 bridgehead atoms. The number of phenolic OH excluding ortho intramolecular Hbond substituents is 2. The molecule has 1 aliphatic heterocycles. The lowest BCUT2D eigenvalue weighted by atomic mass is 9.87.